The largest absolute Gasteiger partial charge is 0.198 e. The highest BCUT2D eigenvalue weighted by molar-refractivity contribution is 4.70. The molecule has 0 saturated carbocycles. The molecule has 0 heterocycles. The van der Waals surface area contributed by atoms with Gasteiger partial charge in [0.1, 0.15) is 0 Å². The van der Waals surface area contributed by atoms with Crippen LogP contribution in [-0.2, 0) is 0 Å². The van der Waals surface area contributed by atoms with Gasteiger partial charge in [-0.05, 0) is 12.8 Å². The van der Waals surface area contributed by atoms with Gasteiger partial charge in [-0.25, -0.2) is 0 Å². The highest BCUT2D eigenvalue weighted by Gasteiger charge is 1.87. The lowest BCUT2D eigenvalue weighted by Crippen LogP contribution is -1.76. The quantitative estimate of drug-likeness (QED) is 0.550. The van der Waals surface area contributed by atoms with Gasteiger partial charge in [-0.15, -0.1) is 0 Å². The molecule has 0 atom stereocenters. The molecule has 0 radical (unpaired) electrons. The van der Waals surface area contributed by atoms with Crippen LogP contribution in [0.1, 0.15) is 38.5 Å². The summed E-state index contributed by atoms with van der Waals surface area (Å²) in [4.78, 5) is 0. The molecule has 0 spiro atoms. The maximum Gasteiger partial charge on any atom is 0.0621 e. The number of hydrogen-bond donors (Lipinski definition) is 0. The van der Waals surface area contributed by atoms with Crippen molar-refractivity contribution in [1.82, 2.24) is 0 Å². The van der Waals surface area contributed by atoms with Crippen molar-refractivity contribution < 1.29 is 0 Å². The third kappa shape index (κ3) is 6.98. The van der Waals surface area contributed by atoms with Gasteiger partial charge in [-0.2, -0.15) is 10.5 Å². The molecular weight excluding hydrogens is 128 g/mol. The van der Waals surface area contributed by atoms with Crippen LogP contribution < -0.4 is 0 Å². The van der Waals surface area contributed by atoms with Crippen molar-refractivity contribution in [2.45, 2.75) is 38.5 Å². The van der Waals surface area contributed by atoms with E-state index in [1.165, 1.54) is 0 Å². The lowest BCUT2D eigenvalue weighted by Gasteiger charge is -1.92. The standard InChI is InChI=1S/C8H12N2/c9-7-5-3-1-2-4-6-8-10/h1-6H2/i7+2,8+2. The van der Waals surface area contributed by atoms with Crippen molar-refractivity contribution in [3.05, 3.63) is 0 Å². The monoisotopic (exact) mass is 140 g/mol. The summed E-state index contributed by atoms with van der Waals surface area (Å²) in [6.07, 6.45) is 5.48. The molecule has 0 fully saturated rings. The van der Waals surface area contributed by atoms with Crippen LogP contribution in [0.25, 0.3) is 0 Å². The van der Waals surface area contributed by atoms with Crippen LogP contribution in [0.15, 0.2) is 0 Å². The molecule has 0 aliphatic carbocycles. The Labute approximate surface area is 62.1 Å². The number of hydrogen-bond acceptors (Lipinski definition) is 2. The number of nitrogens with zero attached hydrogens (tertiary/aromatic N) is 2. The van der Waals surface area contributed by atoms with Gasteiger partial charge in [-0.1, -0.05) is 12.8 Å². The lowest BCUT2D eigenvalue weighted by atomic mass is 10.2. The Bertz CT molecular complexity index is 120. The van der Waals surface area contributed by atoms with E-state index in [9.17, 15) is 0 Å². The Balaban J connectivity index is 2.80. The summed E-state index contributed by atoms with van der Waals surface area (Å²) in [5.74, 6) is 0. The van der Waals surface area contributed by atoms with E-state index in [-0.39, 0.29) is 0 Å². The van der Waals surface area contributed by atoms with Gasteiger partial charge in [0.2, 0.25) is 0 Å². The molecule has 0 unspecified atom stereocenters. The summed E-state index contributed by atoms with van der Waals surface area (Å²) in [6, 6.07) is 4.19. The smallest absolute Gasteiger partial charge is 0.0621 e. The topological polar surface area (TPSA) is 47.6 Å². The third-order valence-electron chi connectivity index (χ3n) is 1.33. The van der Waals surface area contributed by atoms with Gasteiger partial charge in [0.25, 0.3) is 0 Å². The Hall–Kier alpha value is -1.02. The molecule has 0 aromatic rings. The molecule has 0 aliphatic rings. The van der Waals surface area contributed by atoms with Crippen LogP contribution in [0.4, 0.5) is 0 Å². The van der Waals surface area contributed by atoms with Gasteiger partial charge >= 0.3 is 0 Å². The van der Waals surface area contributed by atoms with Crippen LogP contribution in [0, 0.1) is 22.7 Å². The lowest BCUT2D eigenvalue weighted by molar-refractivity contribution is 0.657. The minimum Gasteiger partial charge on any atom is -0.198 e. The third-order valence-corrected chi connectivity index (χ3v) is 1.33. The minimum atomic E-state index is 0.659. The van der Waals surface area contributed by atoms with E-state index in [0.717, 1.165) is 25.7 Å². The number of nitriles is 2. The zero-order chi connectivity index (χ0) is 7.66. The molecule has 10 heavy (non-hydrogen) atoms. The first-order valence-corrected chi connectivity index (χ1v) is 3.65. The molecule has 54 valence electrons. The SMILES string of the molecule is N#[14C]CCCCCC[14C]#N. The second kappa shape index (κ2) is 7.98. The van der Waals surface area contributed by atoms with Crippen LogP contribution in [0.5, 0.6) is 0 Å². The Morgan fingerprint density at radius 2 is 1.10 bits per heavy atom. The van der Waals surface area contributed by atoms with Gasteiger partial charge in [0, 0.05) is 12.8 Å². The van der Waals surface area contributed by atoms with E-state index in [1.54, 1.807) is 0 Å². The molecule has 0 aliphatic heterocycles. The van der Waals surface area contributed by atoms with Crippen molar-refractivity contribution in [2.24, 2.45) is 0 Å². The van der Waals surface area contributed by atoms with E-state index in [4.69, 9.17) is 10.5 Å². The highest BCUT2D eigenvalue weighted by atomic mass is 14.8. The average molecular weight is 140 g/mol. The van der Waals surface area contributed by atoms with Crippen molar-refractivity contribution >= 4 is 0 Å². The molecular formula is C8H12N2. The second-order valence-corrected chi connectivity index (χ2v) is 2.23. The minimum absolute atomic E-state index is 0.659. The van der Waals surface area contributed by atoms with E-state index < -0.39 is 0 Å². The van der Waals surface area contributed by atoms with Crippen LogP contribution in [0.2, 0.25) is 0 Å². The molecule has 0 saturated heterocycles. The molecule has 0 amide bonds. The van der Waals surface area contributed by atoms with E-state index in [2.05, 4.69) is 12.1 Å². The molecule has 0 aromatic carbocycles. The molecule has 0 rings (SSSR count). The average Bonchev–Trinajstić information content (AvgIpc) is 1.97. The first-order valence-electron chi connectivity index (χ1n) is 3.65. The molecule has 2 heteroatoms. The van der Waals surface area contributed by atoms with Gasteiger partial charge in [0.15, 0.2) is 0 Å². The van der Waals surface area contributed by atoms with Gasteiger partial charge in [0.05, 0.1) is 12.1 Å². The van der Waals surface area contributed by atoms with E-state index in [1.807, 2.05) is 0 Å². The Morgan fingerprint density at radius 1 is 0.700 bits per heavy atom. The summed E-state index contributed by atoms with van der Waals surface area (Å²) < 4.78 is 0. The normalized spacial score (nSPS) is 8.20. The summed E-state index contributed by atoms with van der Waals surface area (Å²) in [7, 11) is 0. The van der Waals surface area contributed by atoms with Crippen LogP contribution >= 0.6 is 0 Å². The second-order valence-electron chi connectivity index (χ2n) is 2.23. The molecule has 0 aromatic heterocycles. The van der Waals surface area contributed by atoms with E-state index in [0.29, 0.717) is 12.8 Å². The highest BCUT2D eigenvalue weighted by Crippen LogP contribution is 2.03. The van der Waals surface area contributed by atoms with Gasteiger partial charge in [-0.3, -0.25) is 0 Å². The molecule has 0 N–H and O–H groups in total. The van der Waals surface area contributed by atoms with Crippen molar-refractivity contribution in [2.75, 3.05) is 0 Å². The fourth-order valence-electron chi connectivity index (χ4n) is 0.762. The maximum absolute atomic E-state index is 8.17. The Morgan fingerprint density at radius 3 is 1.40 bits per heavy atom. The van der Waals surface area contributed by atoms with Crippen molar-refractivity contribution in [3.8, 4) is 12.1 Å². The van der Waals surface area contributed by atoms with E-state index >= 15 is 0 Å². The molecule has 2 nitrogen and oxygen atoms in total. The summed E-state index contributed by atoms with van der Waals surface area (Å²) in [5.41, 5.74) is 0. The fourth-order valence-corrected chi connectivity index (χ4v) is 0.762. The van der Waals surface area contributed by atoms with Crippen LogP contribution in [-0.4, -0.2) is 0 Å². The van der Waals surface area contributed by atoms with Crippen LogP contribution in [0.3, 0.4) is 0 Å². The number of rotatable bonds is 5. The summed E-state index contributed by atoms with van der Waals surface area (Å²) in [5, 5.41) is 16.3. The zero-order valence-electron chi connectivity index (χ0n) is 6.14. The summed E-state index contributed by atoms with van der Waals surface area (Å²) in [6.45, 7) is 0. The zero-order valence-corrected chi connectivity index (χ0v) is 6.14. The Kier molecular flexibility index (Phi) is 7.17. The number of unbranched alkanes of at least 4 members (excludes halogenated alkanes) is 5. The maximum atomic E-state index is 8.17. The fraction of sp³-hybridized carbons (Fsp3) is 0.750. The van der Waals surface area contributed by atoms with Crippen molar-refractivity contribution in [3.63, 3.8) is 0 Å². The predicted octanol–water partition coefficient (Wildman–Crippen LogP) is 2.37. The van der Waals surface area contributed by atoms with Crippen molar-refractivity contribution in [1.29, 1.82) is 10.5 Å². The first-order chi connectivity index (χ1) is 4.91. The first kappa shape index (κ1) is 8.98. The molecule has 0 bridgehead atoms. The van der Waals surface area contributed by atoms with Gasteiger partial charge < -0.3 is 0 Å². The predicted molar refractivity (Wildman–Crippen MR) is 38.9 cm³/mol. The summed E-state index contributed by atoms with van der Waals surface area (Å²) >= 11 is 0.